The summed E-state index contributed by atoms with van der Waals surface area (Å²) in [5, 5.41) is 3.58. The molecule has 2 unspecified atom stereocenters. The number of ether oxygens (including phenoxy) is 2. The topological polar surface area (TPSA) is 30.5 Å². The predicted molar refractivity (Wildman–Crippen MR) is 203 cm³/mol. The molecule has 2 aliphatic heterocycles. The highest BCUT2D eigenvalue weighted by molar-refractivity contribution is 4.94. The van der Waals surface area contributed by atoms with Crippen molar-refractivity contribution >= 4 is 0 Å². The van der Waals surface area contributed by atoms with E-state index in [1.165, 1.54) is 148 Å². The lowest BCUT2D eigenvalue weighted by Gasteiger charge is -2.29. The molecule has 0 amide bonds. The van der Waals surface area contributed by atoms with Crippen LogP contribution < -0.4 is 5.32 Å². The van der Waals surface area contributed by atoms with Crippen molar-refractivity contribution in [1.29, 1.82) is 0 Å². The van der Waals surface area contributed by atoms with Crippen LogP contribution in [0.25, 0.3) is 0 Å². The summed E-state index contributed by atoms with van der Waals surface area (Å²) < 4.78 is 13.6. The first-order chi connectivity index (χ1) is 22.8. The Bertz CT molecular complexity index is 720. The summed E-state index contributed by atoms with van der Waals surface area (Å²) in [6, 6.07) is 0. The van der Waals surface area contributed by atoms with Crippen LogP contribution in [0.1, 0.15) is 194 Å². The van der Waals surface area contributed by atoms with Gasteiger partial charge in [-0.3, -0.25) is 0 Å². The van der Waals surface area contributed by atoms with Crippen LogP contribution in [-0.4, -0.2) is 31.1 Å². The van der Waals surface area contributed by atoms with E-state index >= 15 is 0 Å². The summed E-state index contributed by atoms with van der Waals surface area (Å²) in [5.41, 5.74) is 0. The molecule has 2 aliphatic rings. The molecule has 2 heterocycles. The Kier molecular flexibility index (Phi) is 26.7. The number of allylic oxidation sites excluding steroid dienone is 8. The van der Waals surface area contributed by atoms with E-state index in [2.05, 4.69) is 67.8 Å². The smallest absolute Gasteiger partial charge is 0.169 e. The largest absolute Gasteiger partial charge is 0.344 e. The van der Waals surface area contributed by atoms with Gasteiger partial charge in [-0.05, 0) is 96.4 Å². The van der Waals surface area contributed by atoms with Crippen molar-refractivity contribution < 1.29 is 9.47 Å². The highest BCUT2D eigenvalue weighted by atomic mass is 16.8. The molecule has 0 radical (unpaired) electrons. The van der Waals surface area contributed by atoms with Crippen LogP contribution in [0.4, 0.5) is 0 Å². The van der Waals surface area contributed by atoms with Crippen LogP contribution >= 0.6 is 0 Å². The van der Waals surface area contributed by atoms with Crippen molar-refractivity contribution in [2.75, 3.05) is 13.1 Å². The first kappa shape index (κ1) is 41.0. The summed E-state index contributed by atoms with van der Waals surface area (Å²) in [4.78, 5) is 0. The van der Waals surface area contributed by atoms with Crippen LogP contribution in [-0.2, 0) is 9.47 Å². The molecule has 0 aromatic carbocycles. The lowest BCUT2D eigenvalue weighted by Crippen LogP contribution is -2.34. The van der Waals surface area contributed by atoms with Gasteiger partial charge < -0.3 is 14.8 Å². The monoisotopic (exact) mass is 640 g/mol. The highest BCUT2D eigenvalue weighted by Gasteiger charge is 2.46. The molecule has 1 N–H and O–H groups in total. The molecule has 266 valence electrons. The molecule has 0 bridgehead atoms. The van der Waals surface area contributed by atoms with Gasteiger partial charge in [0.05, 0.1) is 12.2 Å². The average molecular weight is 640 g/mol. The Hall–Kier alpha value is -1.16. The van der Waals surface area contributed by atoms with Crippen LogP contribution in [0, 0.1) is 0 Å². The number of rotatable bonds is 30. The molecular weight excluding hydrogens is 562 g/mol. The maximum absolute atomic E-state index is 6.79. The summed E-state index contributed by atoms with van der Waals surface area (Å²) in [6.45, 7) is 6.60. The van der Waals surface area contributed by atoms with Crippen molar-refractivity contribution in [2.24, 2.45) is 0 Å². The molecule has 2 rings (SSSR count). The molecule has 0 spiro atoms. The normalized spacial score (nSPS) is 22.2. The minimum absolute atomic E-state index is 0.247. The molecule has 2 fully saturated rings. The molecule has 0 aromatic rings. The van der Waals surface area contributed by atoms with Gasteiger partial charge in [-0.1, -0.05) is 140 Å². The number of fused-ring (bicyclic) bond motifs is 1. The van der Waals surface area contributed by atoms with Crippen LogP contribution in [0.2, 0.25) is 0 Å². The van der Waals surface area contributed by atoms with Gasteiger partial charge in [-0.25, -0.2) is 0 Å². The van der Waals surface area contributed by atoms with E-state index in [-0.39, 0.29) is 11.9 Å². The van der Waals surface area contributed by atoms with Gasteiger partial charge in [-0.2, -0.15) is 0 Å². The maximum Gasteiger partial charge on any atom is 0.169 e. The molecule has 2 atom stereocenters. The minimum atomic E-state index is -0.321. The van der Waals surface area contributed by atoms with Crippen LogP contribution in [0.3, 0.4) is 0 Å². The minimum Gasteiger partial charge on any atom is -0.344 e. The Balaban J connectivity index is 1.53. The van der Waals surface area contributed by atoms with Gasteiger partial charge in [0.1, 0.15) is 0 Å². The molecule has 0 aromatic heterocycles. The summed E-state index contributed by atoms with van der Waals surface area (Å²) in [6.07, 6.45) is 55.0. The third-order valence-electron chi connectivity index (χ3n) is 9.85. The van der Waals surface area contributed by atoms with Gasteiger partial charge in [-0.15, -0.1) is 0 Å². The van der Waals surface area contributed by atoms with Crippen molar-refractivity contribution in [2.45, 2.75) is 212 Å². The first-order valence-electron chi connectivity index (χ1n) is 20.5. The molecule has 0 saturated carbocycles. The maximum atomic E-state index is 6.79. The van der Waals surface area contributed by atoms with Gasteiger partial charge >= 0.3 is 0 Å². The second-order valence-corrected chi connectivity index (χ2v) is 14.2. The Morgan fingerprint density at radius 2 is 0.913 bits per heavy atom. The van der Waals surface area contributed by atoms with E-state index in [4.69, 9.17) is 9.47 Å². The van der Waals surface area contributed by atoms with Gasteiger partial charge in [0.15, 0.2) is 5.79 Å². The van der Waals surface area contributed by atoms with E-state index in [1.807, 2.05) is 0 Å². The van der Waals surface area contributed by atoms with Crippen LogP contribution in [0.15, 0.2) is 48.6 Å². The zero-order valence-electron chi connectivity index (χ0n) is 30.8. The zero-order valence-corrected chi connectivity index (χ0v) is 30.8. The standard InChI is InChI=1S/C43H77NO2/c1-3-5-7-9-11-13-15-17-19-21-23-25-27-29-31-33-37-43(45-41-36-35-39-44-40-42(41)46-43)38-34-32-30-28-26-24-22-20-18-16-14-12-10-8-6-4-2/h11-14,17-20,41-42,44H,3-10,15-16,21-40H2,1-2H3. The van der Waals surface area contributed by atoms with E-state index < -0.39 is 0 Å². The molecule has 3 nitrogen and oxygen atoms in total. The fraction of sp³-hybridized carbons (Fsp3) is 0.814. The first-order valence-corrected chi connectivity index (χ1v) is 20.5. The van der Waals surface area contributed by atoms with Gasteiger partial charge in [0.2, 0.25) is 0 Å². The molecular formula is C43H77NO2. The number of hydrogen-bond donors (Lipinski definition) is 1. The van der Waals surface area contributed by atoms with Gasteiger partial charge in [0, 0.05) is 19.4 Å². The van der Waals surface area contributed by atoms with Crippen molar-refractivity contribution in [1.82, 2.24) is 5.32 Å². The van der Waals surface area contributed by atoms with Crippen LogP contribution in [0.5, 0.6) is 0 Å². The third kappa shape index (κ3) is 21.7. The Labute approximate surface area is 287 Å². The fourth-order valence-corrected chi connectivity index (χ4v) is 6.95. The number of hydrogen-bond acceptors (Lipinski definition) is 3. The van der Waals surface area contributed by atoms with E-state index in [9.17, 15) is 0 Å². The van der Waals surface area contributed by atoms with Crippen molar-refractivity contribution in [3.05, 3.63) is 48.6 Å². The van der Waals surface area contributed by atoms with E-state index in [1.54, 1.807) is 0 Å². The van der Waals surface area contributed by atoms with Crippen molar-refractivity contribution in [3.8, 4) is 0 Å². The zero-order chi connectivity index (χ0) is 32.6. The predicted octanol–water partition coefficient (Wildman–Crippen LogP) is 13.3. The third-order valence-corrected chi connectivity index (χ3v) is 9.85. The molecule has 2 saturated heterocycles. The number of nitrogens with one attached hydrogen (secondary N) is 1. The Morgan fingerprint density at radius 3 is 1.39 bits per heavy atom. The summed E-state index contributed by atoms with van der Waals surface area (Å²) in [7, 11) is 0. The van der Waals surface area contributed by atoms with Crippen molar-refractivity contribution in [3.63, 3.8) is 0 Å². The second-order valence-electron chi connectivity index (χ2n) is 14.2. The SMILES string of the molecule is CCCCCC=CCC=CCCCCCCCCC1(CCCCCCCCC=CCC=CCCCCC)OC2CCCNCC2O1. The van der Waals surface area contributed by atoms with E-state index in [0.29, 0.717) is 6.10 Å². The highest BCUT2D eigenvalue weighted by Crippen LogP contribution is 2.39. The Morgan fingerprint density at radius 1 is 0.500 bits per heavy atom. The lowest BCUT2D eigenvalue weighted by atomic mass is 9.98. The molecule has 46 heavy (non-hydrogen) atoms. The second kappa shape index (κ2) is 29.9. The molecule has 0 aliphatic carbocycles. The lowest BCUT2D eigenvalue weighted by molar-refractivity contribution is -0.187. The average Bonchev–Trinajstić information content (AvgIpc) is 3.26. The van der Waals surface area contributed by atoms with E-state index in [0.717, 1.165) is 45.2 Å². The van der Waals surface area contributed by atoms with Gasteiger partial charge in [0.25, 0.3) is 0 Å². The molecule has 3 heteroatoms. The summed E-state index contributed by atoms with van der Waals surface area (Å²) >= 11 is 0. The quantitative estimate of drug-likeness (QED) is 0.0626. The fourth-order valence-electron chi connectivity index (χ4n) is 6.95. The number of unbranched alkanes of at least 4 members (excludes halogenated alkanes) is 18. The summed E-state index contributed by atoms with van der Waals surface area (Å²) in [5.74, 6) is -0.321.